The molecular weight excluding hydrogens is 222 g/mol. The first-order valence-electron chi connectivity index (χ1n) is 5.04. The molecule has 2 aromatic rings. The Morgan fingerprint density at radius 2 is 2.19 bits per heavy atom. The fraction of sp³-hybridized carbons (Fsp3) is 0.167. The summed E-state index contributed by atoms with van der Waals surface area (Å²) in [5.74, 6) is 0.759. The van der Waals surface area contributed by atoms with Crippen molar-refractivity contribution < 1.29 is 0 Å². The number of anilines is 1. The Morgan fingerprint density at radius 3 is 2.88 bits per heavy atom. The minimum absolute atomic E-state index is 0.149. The highest BCUT2D eigenvalue weighted by Gasteiger charge is 2.05. The Morgan fingerprint density at radius 1 is 1.31 bits per heavy atom. The number of benzene rings is 1. The SMILES string of the molecule is CC(Nc1cnccn1)c1cccc(Cl)c1. The van der Waals surface area contributed by atoms with Gasteiger partial charge < -0.3 is 5.32 Å². The van der Waals surface area contributed by atoms with Crippen molar-refractivity contribution in [3.63, 3.8) is 0 Å². The van der Waals surface area contributed by atoms with Gasteiger partial charge in [0.15, 0.2) is 0 Å². The van der Waals surface area contributed by atoms with Crippen LogP contribution in [0, 0.1) is 0 Å². The second-order valence-corrected chi connectivity index (χ2v) is 3.95. The number of hydrogen-bond donors (Lipinski definition) is 1. The molecule has 0 spiro atoms. The molecule has 1 N–H and O–H groups in total. The molecule has 1 unspecified atom stereocenters. The quantitative estimate of drug-likeness (QED) is 0.884. The van der Waals surface area contributed by atoms with E-state index in [-0.39, 0.29) is 6.04 Å². The molecule has 1 heterocycles. The number of nitrogens with one attached hydrogen (secondary N) is 1. The summed E-state index contributed by atoms with van der Waals surface area (Å²) in [6, 6.07) is 7.91. The summed E-state index contributed by atoms with van der Waals surface area (Å²) >= 11 is 5.94. The lowest BCUT2D eigenvalue weighted by molar-refractivity contribution is 0.871. The molecule has 0 bridgehead atoms. The van der Waals surface area contributed by atoms with E-state index >= 15 is 0 Å². The van der Waals surface area contributed by atoms with Gasteiger partial charge in [0.05, 0.1) is 12.2 Å². The molecule has 2 rings (SSSR count). The van der Waals surface area contributed by atoms with Crippen molar-refractivity contribution >= 4 is 17.4 Å². The average molecular weight is 234 g/mol. The molecule has 4 heteroatoms. The highest BCUT2D eigenvalue weighted by molar-refractivity contribution is 6.30. The molecule has 0 fully saturated rings. The Bertz CT molecular complexity index is 459. The lowest BCUT2D eigenvalue weighted by Gasteiger charge is -2.14. The van der Waals surface area contributed by atoms with Gasteiger partial charge >= 0.3 is 0 Å². The summed E-state index contributed by atoms with van der Waals surface area (Å²) in [4.78, 5) is 8.16. The monoisotopic (exact) mass is 233 g/mol. The lowest BCUT2D eigenvalue weighted by atomic mass is 10.1. The maximum Gasteiger partial charge on any atom is 0.144 e. The number of aromatic nitrogens is 2. The number of nitrogens with zero attached hydrogens (tertiary/aromatic N) is 2. The van der Waals surface area contributed by atoms with Crippen LogP contribution in [0.2, 0.25) is 5.02 Å². The molecule has 1 aromatic heterocycles. The van der Waals surface area contributed by atoms with Gasteiger partial charge in [0, 0.05) is 17.4 Å². The van der Waals surface area contributed by atoms with Crippen LogP contribution in [0.25, 0.3) is 0 Å². The fourth-order valence-corrected chi connectivity index (χ4v) is 1.65. The third kappa shape index (κ3) is 2.70. The molecule has 3 nitrogen and oxygen atoms in total. The van der Waals surface area contributed by atoms with E-state index in [1.165, 1.54) is 0 Å². The predicted octanol–water partition coefficient (Wildman–Crippen LogP) is 3.30. The number of halogens is 1. The first-order chi connectivity index (χ1) is 7.75. The molecular formula is C12H12ClN3. The normalized spacial score (nSPS) is 12.1. The highest BCUT2D eigenvalue weighted by Crippen LogP contribution is 2.20. The zero-order valence-corrected chi connectivity index (χ0v) is 9.65. The summed E-state index contributed by atoms with van der Waals surface area (Å²) in [7, 11) is 0. The van der Waals surface area contributed by atoms with Crippen LogP contribution in [0.15, 0.2) is 42.9 Å². The first kappa shape index (κ1) is 10.9. The summed E-state index contributed by atoms with van der Waals surface area (Å²) < 4.78 is 0. The van der Waals surface area contributed by atoms with Gasteiger partial charge in [-0.3, -0.25) is 4.98 Å². The van der Waals surface area contributed by atoms with Gasteiger partial charge in [-0.05, 0) is 24.6 Å². The molecule has 1 aromatic carbocycles. The third-order valence-corrected chi connectivity index (χ3v) is 2.51. The van der Waals surface area contributed by atoms with Gasteiger partial charge in [0.2, 0.25) is 0 Å². The minimum Gasteiger partial charge on any atom is -0.362 e. The van der Waals surface area contributed by atoms with Crippen molar-refractivity contribution in [3.05, 3.63) is 53.4 Å². The smallest absolute Gasteiger partial charge is 0.144 e. The van der Waals surface area contributed by atoms with Crippen LogP contribution in [0.4, 0.5) is 5.82 Å². The van der Waals surface area contributed by atoms with Crippen LogP contribution in [0.5, 0.6) is 0 Å². The van der Waals surface area contributed by atoms with E-state index in [1.54, 1.807) is 18.6 Å². The number of hydrogen-bond acceptors (Lipinski definition) is 3. The zero-order valence-electron chi connectivity index (χ0n) is 8.89. The molecule has 0 radical (unpaired) electrons. The van der Waals surface area contributed by atoms with Crippen LogP contribution in [-0.4, -0.2) is 9.97 Å². The van der Waals surface area contributed by atoms with Crippen molar-refractivity contribution in [3.8, 4) is 0 Å². The summed E-state index contributed by atoms with van der Waals surface area (Å²) in [5, 5.41) is 3.99. The third-order valence-electron chi connectivity index (χ3n) is 2.28. The van der Waals surface area contributed by atoms with E-state index in [1.807, 2.05) is 24.3 Å². The van der Waals surface area contributed by atoms with E-state index in [2.05, 4.69) is 22.2 Å². The van der Waals surface area contributed by atoms with E-state index in [0.717, 1.165) is 16.4 Å². The van der Waals surface area contributed by atoms with Gasteiger partial charge in [-0.1, -0.05) is 23.7 Å². The maximum atomic E-state index is 5.94. The van der Waals surface area contributed by atoms with Crippen LogP contribution in [0.3, 0.4) is 0 Å². The van der Waals surface area contributed by atoms with Gasteiger partial charge in [0.1, 0.15) is 5.82 Å². The predicted molar refractivity (Wildman–Crippen MR) is 65.5 cm³/mol. The van der Waals surface area contributed by atoms with Crippen molar-refractivity contribution in [1.82, 2.24) is 9.97 Å². The first-order valence-corrected chi connectivity index (χ1v) is 5.41. The van der Waals surface area contributed by atoms with Crippen LogP contribution in [0.1, 0.15) is 18.5 Å². The fourth-order valence-electron chi connectivity index (χ4n) is 1.45. The standard InChI is InChI=1S/C12H12ClN3/c1-9(10-3-2-4-11(13)7-10)16-12-8-14-5-6-15-12/h2-9H,1H3,(H,15,16). The van der Waals surface area contributed by atoms with Crippen LogP contribution in [-0.2, 0) is 0 Å². The summed E-state index contributed by atoms with van der Waals surface area (Å²) in [6.07, 6.45) is 5.00. The van der Waals surface area contributed by atoms with Crippen molar-refractivity contribution in [2.45, 2.75) is 13.0 Å². The van der Waals surface area contributed by atoms with Crippen molar-refractivity contribution in [1.29, 1.82) is 0 Å². The van der Waals surface area contributed by atoms with Gasteiger partial charge in [-0.25, -0.2) is 4.98 Å². The molecule has 0 aliphatic rings. The van der Waals surface area contributed by atoms with E-state index in [0.29, 0.717) is 0 Å². The molecule has 0 amide bonds. The number of rotatable bonds is 3. The van der Waals surface area contributed by atoms with E-state index < -0.39 is 0 Å². The molecule has 0 saturated carbocycles. The topological polar surface area (TPSA) is 37.8 Å². The Labute approximate surface area is 99.5 Å². The molecule has 0 aliphatic heterocycles. The Hall–Kier alpha value is -1.61. The average Bonchev–Trinajstić information content (AvgIpc) is 2.30. The molecule has 0 aliphatic carbocycles. The molecule has 1 atom stereocenters. The van der Waals surface area contributed by atoms with Crippen LogP contribution >= 0.6 is 11.6 Å². The highest BCUT2D eigenvalue weighted by atomic mass is 35.5. The lowest BCUT2D eigenvalue weighted by Crippen LogP contribution is -2.07. The Kier molecular flexibility index (Phi) is 3.37. The van der Waals surface area contributed by atoms with Gasteiger partial charge in [0.25, 0.3) is 0 Å². The van der Waals surface area contributed by atoms with Gasteiger partial charge in [-0.2, -0.15) is 0 Å². The minimum atomic E-state index is 0.149. The van der Waals surface area contributed by atoms with Gasteiger partial charge in [-0.15, -0.1) is 0 Å². The molecule has 16 heavy (non-hydrogen) atoms. The second kappa shape index (κ2) is 4.94. The molecule has 0 saturated heterocycles. The Balaban J connectivity index is 2.12. The summed E-state index contributed by atoms with van der Waals surface area (Å²) in [5.41, 5.74) is 1.12. The van der Waals surface area contributed by atoms with Crippen molar-refractivity contribution in [2.24, 2.45) is 0 Å². The largest absolute Gasteiger partial charge is 0.362 e. The van der Waals surface area contributed by atoms with E-state index in [9.17, 15) is 0 Å². The van der Waals surface area contributed by atoms with Crippen molar-refractivity contribution in [2.75, 3.05) is 5.32 Å². The second-order valence-electron chi connectivity index (χ2n) is 3.51. The maximum absolute atomic E-state index is 5.94. The summed E-state index contributed by atoms with van der Waals surface area (Å²) in [6.45, 7) is 2.06. The molecule has 82 valence electrons. The van der Waals surface area contributed by atoms with E-state index in [4.69, 9.17) is 11.6 Å². The zero-order chi connectivity index (χ0) is 11.4. The van der Waals surface area contributed by atoms with Crippen LogP contribution < -0.4 is 5.32 Å².